The maximum atomic E-state index is 10.5. The van der Waals surface area contributed by atoms with Gasteiger partial charge in [0, 0.05) is 0 Å². The molecule has 5 nitrogen and oxygen atoms in total. The van der Waals surface area contributed by atoms with Crippen LogP contribution in [0.1, 0.15) is 13.3 Å². The number of aliphatic carboxylic acids is 1. The van der Waals surface area contributed by atoms with E-state index < -0.39 is 24.1 Å². The van der Waals surface area contributed by atoms with Crippen LogP contribution in [0.5, 0.6) is 0 Å². The Hall–Kier alpha value is -1.39. The van der Waals surface area contributed by atoms with Crippen molar-refractivity contribution in [2.75, 3.05) is 6.61 Å². The Morgan fingerprint density at radius 2 is 1.91 bits per heavy atom. The van der Waals surface area contributed by atoms with Gasteiger partial charge in [-0.05, 0) is 6.92 Å². The van der Waals surface area contributed by atoms with Gasteiger partial charge in [-0.2, -0.15) is 0 Å². The van der Waals surface area contributed by atoms with Gasteiger partial charge in [0.25, 0.3) is 5.78 Å². The molecule has 11 heavy (non-hydrogen) atoms. The van der Waals surface area contributed by atoms with E-state index in [1.807, 2.05) is 0 Å². The minimum absolute atomic E-state index is 0.0736. The van der Waals surface area contributed by atoms with Crippen molar-refractivity contribution in [2.24, 2.45) is 0 Å². The molecule has 0 saturated carbocycles. The average Bonchev–Trinajstić information content (AvgIpc) is 1.86. The number of hydrogen-bond acceptors (Lipinski definition) is 4. The Bertz CT molecular complexity index is 183. The Morgan fingerprint density at radius 3 is 2.27 bits per heavy atom. The highest BCUT2D eigenvalue weighted by Gasteiger charge is 2.17. The van der Waals surface area contributed by atoms with Crippen LogP contribution in [-0.4, -0.2) is 29.4 Å². The molecule has 0 aliphatic heterocycles. The molecular weight excluding hydrogens is 152 g/mol. The molecule has 0 amide bonds. The maximum absolute atomic E-state index is 10.5. The van der Waals surface area contributed by atoms with E-state index in [1.165, 1.54) is 6.92 Å². The summed E-state index contributed by atoms with van der Waals surface area (Å²) in [5.41, 5.74) is 0. The lowest BCUT2D eigenvalue weighted by atomic mass is 10.3. The van der Waals surface area contributed by atoms with Crippen LogP contribution >= 0.6 is 0 Å². The molecule has 0 aliphatic rings. The molecule has 0 saturated heterocycles. The van der Waals surface area contributed by atoms with E-state index >= 15 is 0 Å². The number of carboxylic acid groups (broad SMARTS) is 1. The van der Waals surface area contributed by atoms with Gasteiger partial charge in [0.05, 0.1) is 6.61 Å². The van der Waals surface area contributed by atoms with Crippen molar-refractivity contribution in [1.29, 1.82) is 0 Å². The second kappa shape index (κ2) is 4.43. The van der Waals surface area contributed by atoms with E-state index in [0.717, 1.165) is 0 Å². The summed E-state index contributed by atoms with van der Waals surface area (Å²) in [6.45, 7) is 1.61. The first kappa shape index (κ1) is 9.61. The largest absolute Gasteiger partial charge is 0.481 e. The summed E-state index contributed by atoms with van der Waals surface area (Å²) in [5, 5.41) is 8.07. The van der Waals surface area contributed by atoms with Gasteiger partial charge in [-0.25, -0.2) is 4.79 Å². The zero-order valence-corrected chi connectivity index (χ0v) is 5.99. The number of carbonyl (C=O) groups is 3. The van der Waals surface area contributed by atoms with Crippen LogP contribution in [0, 0.1) is 0 Å². The summed E-state index contributed by atoms with van der Waals surface area (Å²) in [5.74, 6) is -3.45. The predicted octanol–water partition coefficient (Wildman–Crippen LogP) is -0.407. The fourth-order valence-electron chi connectivity index (χ4n) is 0.421. The van der Waals surface area contributed by atoms with Crippen LogP contribution in [0.4, 0.5) is 0 Å². The molecule has 0 atom stereocenters. The summed E-state index contributed by atoms with van der Waals surface area (Å²) < 4.78 is 4.25. The van der Waals surface area contributed by atoms with Crippen LogP contribution < -0.4 is 0 Å². The Morgan fingerprint density at radius 1 is 1.36 bits per heavy atom. The van der Waals surface area contributed by atoms with Crippen LogP contribution in [0.2, 0.25) is 0 Å². The summed E-state index contributed by atoms with van der Waals surface area (Å²) in [6, 6.07) is 0. The number of rotatable bonds is 4. The van der Waals surface area contributed by atoms with Gasteiger partial charge < -0.3 is 9.84 Å². The van der Waals surface area contributed by atoms with E-state index in [4.69, 9.17) is 5.11 Å². The molecule has 0 spiro atoms. The average molecular weight is 160 g/mol. The van der Waals surface area contributed by atoms with Crippen molar-refractivity contribution in [3.63, 3.8) is 0 Å². The lowest BCUT2D eigenvalue weighted by Gasteiger charge is -1.96. The first-order chi connectivity index (χ1) is 5.07. The molecule has 0 bridgehead atoms. The summed E-state index contributed by atoms with van der Waals surface area (Å²) in [7, 11) is 0. The standard InChI is InChI=1S/C6H8O5/c1-2-11-6(10)4(7)3-5(8)9/h2-3H2,1H3,(H,8,9). The minimum Gasteiger partial charge on any atom is -0.481 e. The summed E-state index contributed by atoms with van der Waals surface area (Å²) in [6.07, 6.45) is -0.807. The zero-order chi connectivity index (χ0) is 8.85. The number of ketones is 1. The fourth-order valence-corrected chi connectivity index (χ4v) is 0.421. The monoisotopic (exact) mass is 160 g/mol. The van der Waals surface area contributed by atoms with Gasteiger partial charge in [0.2, 0.25) is 0 Å². The molecule has 1 N–H and O–H groups in total. The Balaban J connectivity index is 3.83. The van der Waals surface area contributed by atoms with Crippen molar-refractivity contribution in [3.8, 4) is 0 Å². The molecule has 0 heterocycles. The van der Waals surface area contributed by atoms with Gasteiger partial charge in [0.1, 0.15) is 6.42 Å². The third-order valence-corrected chi connectivity index (χ3v) is 0.815. The first-order valence-corrected chi connectivity index (χ1v) is 2.99. The molecule has 0 unspecified atom stereocenters. The Kier molecular flexibility index (Phi) is 3.87. The van der Waals surface area contributed by atoms with E-state index in [9.17, 15) is 14.4 Å². The molecule has 62 valence electrons. The highest BCUT2D eigenvalue weighted by Crippen LogP contribution is 1.87. The van der Waals surface area contributed by atoms with Gasteiger partial charge in [0.15, 0.2) is 0 Å². The van der Waals surface area contributed by atoms with Gasteiger partial charge >= 0.3 is 11.9 Å². The molecule has 0 aliphatic carbocycles. The second-order valence-electron chi connectivity index (χ2n) is 1.71. The zero-order valence-electron chi connectivity index (χ0n) is 5.99. The third-order valence-electron chi connectivity index (χ3n) is 0.815. The number of ether oxygens (including phenoxy) is 1. The highest BCUT2D eigenvalue weighted by atomic mass is 16.5. The van der Waals surface area contributed by atoms with E-state index in [1.54, 1.807) is 0 Å². The SMILES string of the molecule is CCOC(=O)C(=O)CC(=O)O. The molecular formula is C6H8O5. The highest BCUT2D eigenvalue weighted by molar-refractivity contribution is 6.36. The van der Waals surface area contributed by atoms with Gasteiger partial charge in [-0.3, -0.25) is 9.59 Å². The smallest absolute Gasteiger partial charge is 0.375 e. The lowest BCUT2D eigenvalue weighted by Crippen LogP contribution is -2.20. The van der Waals surface area contributed by atoms with Crippen LogP contribution in [0.3, 0.4) is 0 Å². The van der Waals surface area contributed by atoms with Crippen molar-refractivity contribution in [3.05, 3.63) is 0 Å². The van der Waals surface area contributed by atoms with Crippen LogP contribution in [-0.2, 0) is 19.1 Å². The topological polar surface area (TPSA) is 80.7 Å². The number of esters is 1. The molecule has 0 aromatic heterocycles. The van der Waals surface area contributed by atoms with Crippen molar-refractivity contribution in [2.45, 2.75) is 13.3 Å². The first-order valence-electron chi connectivity index (χ1n) is 2.99. The van der Waals surface area contributed by atoms with Crippen molar-refractivity contribution >= 4 is 17.7 Å². The number of Topliss-reactive ketones (excluding diaryl/α,β-unsaturated/α-hetero) is 1. The van der Waals surface area contributed by atoms with E-state index in [0.29, 0.717) is 0 Å². The lowest BCUT2D eigenvalue weighted by molar-refractivity contribution is -0.156. The molecule has 0 radical (unpaired) electrons. The molecule has 0 fully saturated rings. The molecule has 0 aromatic carbocycles. The maximum Gasteiger partial charge on any atom is 0.375 e. The number of hydrogen-bond donors (Lipinski definition) is 1. The van der Waals surface area contributed by atoms with Crippen LogP contribution in [0.25, 0.3) is 0 Å². The fraction of sp³-hybridized carbons (Fsp3) is 0.500. The minimum atomic E-state index is -1.33. The molecule has 0 aromatic rings. The molecule has 5 heteroatoms. The summed E-state index contributed by atoms with van der Waals surface area (Å²) >= 11 is 0. The van der Waals surface area contributed by atoms with Gasteiger partial charge in [-0.1, -0.05) is 0 Å². The Labute approximate surface area is 63.0 Å². The van der Waals surface area contributed by atoms with E-state index in [-0.39, 0.29) is 6.61 Å². The summed E-state index contributed by atoms with van der Waals surface area (Å²) in [4.78, 5) is 30.8. The number of carboxylic acids is 1. The van der Waals surface area contributed by atoms with Gasteiger partial charge in [-0.15, -0.1) is 0 Å². The number of carbonyl (C=O) groups excluding carboxylic acids is 2. The third kappa shape index (κ3) is 4.07. The van der Waals surface area contributed by atoms with Crippen molar-refractivity contribution in [1.82, 2.24) is 0 Å². The van der Waals surface area contributed by atoms with Crippen molar-refractivity contribution < 1.29 is 24.2 Å². The van der Waals surface area contributed by atoms with E-state index in [2.05, 4.69) is 4.74 Å². The second-order valence-corrected chi connectivity index (χ2v) is 1.71. The van der Waals surface area contributed by atoms with Crippen LogP contribution in [0.15, 0.2) is 0 Å². The normalized spacial score (nSPS) is 8.82. The molecule has 0 rings (SSSR count). The predicted molar refractivity (Wildman–Crippen MR) is 33.9 cm³/mol. The quantitative estimate of drug-likeness (QED) is 0.343.